The molecule has 0 saturated heterocycles. The van der Waals surface area contributed by atoms with Gasteiger partial charge in [-0.05, 0) is 36.5 Å². The summed E-state index contributed by atoms with van der Waals surface area (Å²) >= 11 is 0. The van der Waals surface area contributed by atoms with Crippen molar-refractivity contribution in [3.05, 3.63) is 29.8 Å². The van der Waals surface area contributed by atoms with Crippen molar-refractivity contribution in [1.82, 2.24) is 5.32 Å². The van der Waals surface area contributed by atoms with Crippen molar-refractivity contribution in [3.8, 4) is 5.75 Å². The Bertz CT molecular complexity index is 414. The third kappa shape index (κ3) is 4.81. The molecule has 0 spiro atoms. The van der Waals surface area contributed by atoms with E-state index in [1.54, 1.807) is 0 Å². The van der Waals surface area contributed by atoms with Gasteiger partial charge < -0.3 is 15.8 Å². The van der Waals surface area contributed by atoms with Crippen LogP contribution in [0, 0.1) is 11.3 Å². The molecule has 4 N–H and O–H groups in total. The lowest BCUT2D eigenvalue weighted by atomic mass is 9.90. The molecule has 0 aliphatic heterocycles. The lowest BCUT2D eigenvalue weighted by molar-refractivity contribution is 0.208. The van der Waals surface area contributed by atoms with E-state index in [9.17, 15) is 0 Å². The first-order chi connectivity index (χ1) is 9.24. The smallest absolute Gasteiger partial charge is 0.185 e. The van der Waals surface area contributed by atoms with E-state index in [2.05, 4.69) is 5.32 Å². The van der Waals surface area contributed by atoms with Gasteiger partial charge in [0.15, 0.2) is 5.96 Å². The highest BCUT2D eigenvalue weighted by Gasteiger charge is 2.13. The van der Waals surface area contributed by atoms with Crippen LogP contribution in [-0.2, 0) is 6.54 Å². The van der Waals surface area contributed by atoms with Gasteiger partial charge in [-0.15, -0.1) is 0 Å². The van der Waals surface area contributed by atoms with E-state index in [0.29, 0.717) is 12.5 Å². The van der Waals surface area contributed by atoms with Gasteiger partial charge in [-0.2, -0.15) is 0 Å². The summed E-state index contributed by atoms with van der Waals surface area (Å²) in [7, 11) is 0. The molecule has 1 aromatic rings. The molecule has 0 atom stereocenters. The van der Waals surface area contributed by atoms with Crippen LogP contribution in [0.3, 0.4) is 0 Å². The van der Waals surface area contributed by atoms with E-state index in [4.69, 9.17) is 15.9 Å². The fraction of sp³-hybridized carbons (Fsp3) is 0.533. The molecule has 1 fully saturated rings. The highest BCUT2D eigenvalue weighted by molar-refractivity contribution is 5.74. The van der Waals surface area contributed by atoms with Crippen LogP contribution in [0.25, 0.3) is 0 Å². The van der Waals surface area contributed by atoms with Gasteiger partial charge in [-0.1, -0.05) is 31.4 Å². The van der Waals surface area contributed by atoms with E-state index in [-0.39, 0.29) is 5.96 Å². The standard InChI is InChI=1S/C15H23N3O/c16-15(17)18-10-13-7-4-8-14(9-13)19-11-12-5-2-1-3-6-12/h4,7-9,12H,1-3,5-6,10-11H2,(H4,16,17,18). The molecular weight excluding hydrogens is 238 g/mol. The van der Waals surface area contributed by atoms with Crippen molar-refractivity contribution >= 4 is 5.96 Å². The summed E-state index contributed by atoms with van der Waals surface area (Å²) in [6, 6.07) is 7.98. The third-order valence-corrected chi connectivity index (χ3v) is 3.59. The van der Waals surface area contributed by atoms with Crippen molar-refractivity contribution in [3.63, 3.8) is 0 Å². The van der Waals surface area contributed by atoms with E-state index in [1.165, 1.54) is 32.1 Å². The molecule has 1 saturated carbocycles. The Morgan fingerprint density at radius 1 is 1.32 bits per heavy atom. The Labute approximate surface area is 114 Å². The van der Waals surface area contributed by atoms with Crippen molar-refractivity contribution < 1.29 is 4.74 Å². The maximum atomic E-state index is 7.15. The number of hydrogen-bond donors (Lipinski definition) is 3. The number of rotatable bonds is 5. The third-order valence-electron chi connectivity index (χ3n) is 3.59. The molecule has 0 aromatic heterocycles. The summed E-state index contributed by atoms with van der Waals surface area (Å²) in [5, 5.41) is 9.95. The number of nitrogens with one attached hydrogen (secondary N) is 2. The molecule has 0 amide bonds. The van der Waals surface area contributed by atoms with Crippen LogP contribution < -0.4 is 15.8 Å². The van der Waals surface area contributed by atoms with E-state index >= 15 is 0 Å². The second-order valence-electron chi connectivity index (χ2n) is 5.23. The van der Waals surface area contributed by atoms with Crippen molar-refractivity contribution in [1.29, 1.82) is 5.41 Å². The second-order valence-corrected chi connectivity index (χ2v) is 5.23. The normalized spacial score (nSPS) is 16.0. The van der Waals surface area contributed by atoms with Crippen molar-refractivity contribution in [2.75, 3.05) is 6.61 Å². The molecular formula is C15H23N3O. The van der Waals surface area contributed by atoms with Crippen molar-refractivity contribution in [2.24, 2.45) is 11.7 Å². The van der Waals surface area contributed by atoms with Crippen LogP contribution >= 0.6 is 0 Å². The summed E-state index contributed by atoms with van der Waals surface area (Å²) in [6.45, 7) is 1.39. The van der Waals surface area contributed by atoms with Crippen LogP contribution in [0.2, 0.25) is 0 Å². The molecule has 0 heterocycles. The minimum absolute atomic E-state index is 0.00599. The summed E-state index contributed by atoms with van der Waals surface area (Å²) in [5.74, 6) is 1.62. The molecule has 1 aliphatic rings. The lowest BCUT2D eigenvalue weighted by Crippen LogP contribution is -2.29. The summed E-state index contributed by atoms with van der Waals surface area (Å²) in [4.78, 5) is 0. The zero-order chi connectivity index (χ0) is 13.5. The highest BCUT2D eigenvalue weighted by atomic mass is 16.5. The fourth-order valence-electron chi connectivity index (χ4n) is 2.51. The maximum absolute atomic E-state index is 7.15. The molecule has 104 valence electrons. The summed E-state index contributed by atoms with van der Waals surface area (Å²) < 4.78 is 5.88. The molecule has 0 bridgehead atoms. The lowest BCUT2D eigenvalue weighted by Gasteiger charge is -2.21. The Morgan fingerprint density at radius 3 is 2.84 bits per heavy atom. The topological polar surface area (TPSA) is 71.1 Å². The monoisotopic (exact) mass is 261 g/mol. The van der Waals surface area contributed by atoms with Gasteiger partial charge in [0.05, 0.1) is 6.61 Å². The SMILES string of the molecule is N=C(N)NCc1cccc(OCC2CCCCC2)c1. The highest BCUT2D eigenvalue weighted by Crippen LogP contribution is 2.24. The average Bonchev–Trinajstić information content (AvgIpc) is 2.44. The summed E-state index contributed by atoms with van der Waals surface area (Å²) in [6.07, 6.45) is 6.66. The van der Waals surface area contributed by atoms with E-state index < -0.39 is 0 Å². The number of nitrogens with two attached hydrogens (primary N) is 1. The first-order valence-corrected chi connectivity index (χ1v) is 7.03. The maximum Gasteiger partial charge on any atom is 0.185 e. The van der Waals surface area contributed by atoms with Gasteiger partial charge in [0.2, 0.25) is 0 Å². The minimum atomic E-state index is -0.00599. The molecule has 4 heteroatoms. The Kier molecular flexibility index (Phi) is 5.07. The molecule has 0 radical (unpaired) electrons. The zero-order valence-corrected chi connectivity index (χ0v) is 11.3. The minimum Gasteiger partial charge on any atom is -0.493 e. The number of ether oxygens (including phenoxy) is 1. The molecule has 0 unspecified atom stereocenters. The van der Waals surface area contributed by atoms with Gasteiger partial charge in [0.1, 0.15) is 5.75 Å². The zero-order valence-electron chi connectivity index (χ0n) is 11.3. The Hall–Kier alpha value is -1.71. The van der Waals surface area contributed by atoms with Crippen LogP contribution in [0.1, 0.15) is 37.7 Å². The van der Waals surface area contributed by atoms with E-state index in [1.807, 2.05) is 24.3 Å². The fourth-order valence-corrected chi connectivity index (χ4v) is 2.51. The summed E-state index contributed by atoms with van der Waals surface area (Å²) in [5.41, 5.74) is 6.36. The van der Waals surface area contributed by atoms with Crippen LogP contribution in [0.5, 0.6) is 5.75 Å². The Balaban J connectivity index is 1.82. The van der Waals surface area contributed by atoms with E-state index in [0.717, 1.165) is 17.9 Å². The molecule has 2 rings (SSSR count). The van der Waals surface area contributed by atoms with Crippen LogP contribution in [-0.4, -0.2) is 12.6 Å². The first kappa shape index (κ1) is 13.7. The number of benzene rings is 1. The Morgan fingerprint density at radius 2 is 2.11 bits per heavy atom. The van der Waals surface area contributed by atoms with Gasteiger partial charge in [-0.25, -0.2) is 0 Å². The average molecular weight is 261 g/mol. The molecule has 4 nitrogen and oxygen atoms in total. The van der Waals surface area contributed by atoms with Gasteiger partial charge in [0.25, 0.3) is 0 Å². The molecule has 19 heavy (non-hydrogen) atoms. The molecule has 1 aromatic carbocycles. The predicted molar refractivity (Wildman–Crippen MR) is 77.3 cm³/mol. The predicted octanol–water partition coefficient (Wildman–Crippen LogP) is 2.63. The van der Waals surface area contributed by atoms with Gasteiger partial charge >= 0.3 is 0 Å². The number of hydrogen-bond acceptors (Lipinski definition) is 2. The quantitative estimate of drug-likeness (QED) is 0.563. The van der Waals surface area contributed by atoms with Gasteiger partial charge in [-0.3, -0.25) is 5.41 Å². The van der Waals surface area contributed by atoms with Crippen LogP contribution in [0.15, 0.2) is 24.3 Å². The van der Waals surface area contributed by atoms with Crippen molar-refractivity contribution in [2.45, 2.75) is 38.6 Å². The number of guanidine groups is 1. The second kappa shape index (κ2) is 7.02. The van der Waals surface area contributed by atoms with Crippen LogP contribution in [0.4, 0.5) is 0 Å². The molecule has 1 aliphatic carbocycles. The van der Waals surface area contributed by atoms with Gasteiger partial charge in [0, 0.05) is 6.54 Å². The largest absolute Gasteiger partial charge is 0.493 e. The first-order valence-electron chi connectivity index (χ1n) is 7.03.